The average molecular weight is 389 g/mol. The van der Waals surface area contributed by atoms with Crippen molar-refractivity contribution in [1.82, 2.24) is 0 Å². The molecule has 29 heavy (non-hydrogen) atoms. The monoisotopic (exact) mass is 389 g/mol. The molecule has 0 bridgehead atoms. The van der Waals surface area contributed by atoms with E-state index < -0.39 is 22.7 Å². The van der Waals surface area contributed by atoms with E-state index in [-0.39, 0.29) is 5.84 Å². The van der Waals surface area contributed by atoms with Gasteiger partial charge in [-0.25, -0.2) is 4.99 Å². The van der Waals surface area contributed by atoms with Gasteiger partial charge >= 0.3 is 5.91 Å². The van der Waals surface area contributed by atoms with Crippen molar-refractivity contribution >= 4 is 5.84 Å². The number of hydrogen-bond acceptors (Lipinski definition) is 6. The summed E-state index contributed by atoms with van der Waals surface area (Å²) in [7, 11) is 2.84. The molecule has 1 fully saturated rings. The van der Waals surface area contributed by atoms with Crippen molar-refractivity contribution in [3.63, 3.8) is 0 Å². The Labute approximate surface area is 168 Å². The maximum atomic E-state index is 10.1. The van der Waals surface area contributed by atoms with Crippen LogP contribution < -0.4 is 15.5 Å². The highest BCUT2D eigenvalue weighted by Crippen LogP contribution is 2.78. The molecule has 0 saturated heterocycles. The molecule has 3 N–H and O–H groups in total. The molecule has 0 aromatic heterocycles. The normalized spacial score (nSPS) is 28.6. The van der Waals surface area contributed by atoms with Crippen LogP contribution in [0, 0.1) is 33.5 Å². The van der Waals surface area contributed by atoms with Crippen LogP contribution in [0.3, 0.4) is 0 Å². The fourth-order valence-corrected chi connectivity index (χ4v) is 4.64. The third-order valence-corrected chi connectivity index (χ3v) is 6.02. The quantitative estimate of drug-likeness (QED) is 0.706. The third kappa shape index (κ3) is 2.26. The highest BCUT2D eigenvalue weighted by molar-refractivity contribution is 5.95. The zero-order valence-electron chi connectivity index (χ0n) is 16.2. The minimum atomic E-state index is -1.51. The van der Waals surface area contributed by atoms with Gasteiger partial charge in [0.1, 0.15) is 12.4 Å². The van der Waals surface area contributed by atoms with Gasteiger partial charge in [-0.3, -0.25) is 5.73 Å². The van der Waals surface area contributed by atoms with Crippen LogP contribution in [0.1, 0.15) is 17.0 Å². The van der Waals surface area contributed by atoms with Crippen molar-refractivity contribution in [3.8, 4) is 17.9 Å². The predicted octanol–water partition coefficient (Wildman–Crippen LogP) is 0.781. The first-order chi connectivity index (χ1) is 14.0. The number of hydrogen-bond donors (Lipinski definition) is 2. The van der Waals surface area contributed by atoms with Crippen LogP contribution in [0.5, 0.6) is 5.75 Å². The summed E-state index contributed by atoms with van der Waals surface area (Å²) in [5.41, 5.74) is 5.43. The van der Waals surface area contributed by atoms with Crippen LogP contribution in [0.25, 0.3) is 0 Å². The Bertz CT molecular complexity index is 1050. The lowest BCUT2D eigenvalue weighted by Gasteiger charge is -2.26. The molecule has 7 nitrogen and oxygen atoms in total. The molecule has 4 rings (SSSR count). The van der Waals surface area contributed by atoms with E-state index in [0.717, 1.165) is 11.1 Å². The number of ether oxygens (including phenoxy) is 3. The highest BCUT2D eigenvalue weighted by Gasteiger charge is 2.96. The molecular weight excluding hydrogens is 368 g/mol. The summed E-state index contributed by atoms with van der Waals surface area (Å²) in [5.74, 6) is -1.21. The minimum absolute atomic E-state index is 0.172. The topological polar surface area (TPSA) is 115 Å². The van der Waals surface area contributed by atoms with Gasteiger partial charge in [-0.15, -0.1) is 0 Å². The largest absolute Gasteiger partial charge is 0.489 e. The van der Waals surface area contributed by atoms with Gasteiger partial charge in [0.25, 0.3) is 5.84 Å². The summed E-state index contributed by atoms with van der Waals surface area (Å²) in [6, 6.07) is 21.7. The van der Waals surface area contributed by atoms with Crippen molar-refractivity contribution < 1.29 is 19.2 Å². The molecule has 1 saturated carbocycles. The smallest absolute Gasteiger partial charge is 0.342 e. The molecule has 0 amide bonds. The summed E-state index contributed by atoms with van der Waals surface area (Å²) in [6.45, 7) is 0.414. The summed E-state index contributed by atoms with van der Waals surface area (Å²) < 4.78 is 17.0. The van der Waals surface area contributed by atoms with Crippen molar-refractivity contribution in [2.24, 2.45) is 16.6 Å². The molecule has 3 atom stereocenters. The Morgan fingerprint density at radius 3 is 2.38 bits per heavy atom. The lowest BCUT2D eigenvalue weighted by atomic mass is 9.93. The SMILES string of the molecule is COC1(OC)[NH+]=C(N)[C@@]2(C#N)[C@H](c3cccc(OCc4ccccc4)c3)[C@@]12C#N. The Morgan fingerprint density at radius 2 is 1.76 bits per heavy atom. The molecule has 1 heterocycles. The summed E-state index contributed by atoms with van der Waals surface area (Å²) >= 11 is 0. The molecule has 2 aromatic carbocycles. The Morgan fingerprint density at radius 1 is 1.03 bits per heavy atom. The van der Waals surface area contributed by atoms with Crippen LogP contribution in [0.2, 0.25) is 0 Å². The first kappa shape index (κ1) is 18.9. The maximum Gasteiger partial charge on any atom is 0.342 e. The van der Waals surface area contributed by atoms with Gasteiger partial charge in [-0.05, 0) is 23.3 Å². The van der Waals surface area contributed by atoms with Gasteiger partial charge in [-0.1, -0.05) is 42.5 Å². The summed E-state index contributed by atoms with van der Waals surface area (Å²) in [5, 5.41) is 20.2. The van der Waals surface area contributed by atoms with E-state index in [0.29, 0.717) is 12.4 Å². The minimum Gasteiger partial charge on any atom is -0.489 e. The lowest BCUT2D eigenvalue weighted by molar-refractivity contribution is -0.687. The Kier molecular flexibility index (Phi) is 4.31. The van der Waals surface area contributed by atoms with Crippen LogP contribution in [0.15, 0.2) is 54.6 Å². The average Bonchev–Trinajstić information content (AvgIpc) is 3.35. The van der Waals surface area contributed by atoms with E-state index in [1.165, 1.54) is 14.2 Å². The standard InChI is InChI=1S/C22H20N4O3/c1-27-22(28-2)21(14-24)18(20(21,13-23)19(25)26-22)16-9-6-10-17(11-16)29-12-15-7-4-3-5-8-15/h3-11,18H,12H2,1-2H3,(H2,25,26)/p+1/t18-,20+,21+/m0/s1. The number of nitrogens with two attached hydrogens (primary N) is 1. The number of nitrogens with zero attached hydrogens (tertiary/aromatic N) is 2. The van der Waals surface area contributed by atoms with E-state index in [1.54, 1.807) is 0 Å². The molecule has 2 aromatic rings. The number of benzene rings is 2. The van der Waals surface area contributed by atoms with Gasteiger partial charge in [0, 0.05) is 20.1 Å². The van der Waals surface area contributed by atoms with E-state index in [4.69, 9.17) is 19.9 Å². The summed E-state index contributed by atoms with van der Waals surface area (Å²) in [6.07, 6.45) is 0. The second-order valence-electron chi connectivity index (χ2n) is 7.18. The number of nitrogens with one attached hydrogen (secondary N) is 1. The lowest BCUT2D eigenvalue weighted by Crippen LogP contribution is -2.90. The molecule has 0 radical (unpaired) electrons. The van der Waals surface area contributed by atoms with Crippen molar-refractivity contribution in [2.45, 2.75) is 18.4 Å². The van der Waals surface area contributed by atoms with Crippen LogP contribution in [0.4, 0.5) is 0 Å². The zero-order chi connectivity index (χ0) is 20.7. The molecular formula is C22H21N4O3+. The highest BCUT2D eigenvalue weighted by atomic mass is 16.7. The molecule has 2 aliphatic rings. The number of rotatable bonds is 6. The Balaban J connectivity index is 1.70. The molecule has 1 aliphatic carbocycles. The van der Waals surface area contributed by atoms with Crippen LogP contribution >= 0.6 is 0 Å². The van der Waals surface area contributed by atoms with Gasteiger partial charge in [0.15, 0.2) is 10.8 Å². The number of nitriles is 2. The van der Waals surface area contributed by atoms with E-state index >= 15 is 0 Å². The Hall–Kier alpha value is -3.39. The molecule has 0 spiro atoms. The fourth-order valence-electron chi connectivity index (χ4n) is 4.64. The maximum absolute atomic E-state index is 10.1. The van der Waals surface area contributed by atoms with Crippen LogP contribution in [-0.4, -0.2) is 26.0 Å². The van der Waals surface area contributed by atoms with Crippen molar-refractivity contribution in [1.29, 1.82) is 10.5 Å². The molecule has 0 unspecified atom stereocenters. The number of methoxy groups -OCH3 is 2. The van der Waals surface area contributed by atoms with Gasteiger partial charge in [0.2, 0.25) is 0 Å². The molecule has 146 valence electrons. The van der Waals surface area contributed by atoms with Crippen molar-refractivity contribution in [3.05, 3.63) is 65.7 Å². The summed E-state index contributed by atoms with van der Waals surface area (Å²) in [4.78, 5) is 2.88. The van der Waals surface area contributed by atoms with Gasteiger partial charge in [-0.2, -0.15) is 10.5 Å². The van der Waals surface area contributed by atoms with Gasteiger partial charge in [0.05, 0.1) is 12.1 Å². The second kappa shape index (κ2) is 6.59. The second-order valence-corrected chi connectivity index (χ2v) is 7.18. The first-order valence-electron chi connectivity index (χ1n) is 9.16. The molecule has 7 heteroatoms. The number of fused-ring (bicyclic) bond motifs is 1. The zero-order valence-corrected chi connectivity index (χ0v) is 16.2. The van der Waals surface area contributed by atoms with Crippen molar-refractivity contribution in [2.75, 3.05) is 14.2 Å². The van der Waals surface area contributed by atoms with E-state index in [1.807, 2.05) is 54.6 Å². The van der Waals surface area contributed by atoms with Gasteiger partial charge < -0.3 is 14.2 Å². The van der Waals surface area contributed by atoms with Crippen LogP contribution in [-0.2, 0) is 16.1 Å². The third-order valence-electron chi connectivity index (χ3n) is 6.02. The number of amidine groups is 1. The molecule has 1 aliphatic heterocycles. The van der Waals surface area contributed by atoms with E-state index in [9.17, 15) is 10.5 Å². The fraction of sp³-hybridized carbons (Fsp3) is 0.318. The predicted molar refractivity (Wildman–Crippen MR) is 103 cm³/mol. The van der Waals surface area contributed by atoms with E-state index in [2.05, 4.69) is 17.1 Å². The first-order valence-corrected chi connectivity index (χ1v) is 9.16.